The van der Waals surface area contributed by atoms with Gasteiger partial charge in [-0.05, 0) is 68.4 Å². The fourth-order valence-corrected chi connectivity index (χ4v) is 7.31. The lowest BCUT2D eigenvalue weighted by Gasteiger charge is -2.33. The van der Waals surface area contributed by atoms with Crippen LogP contribution in [0.5, 0.6) is 11.5 Å². The highest BCUT2D eigenvalue weighted by molar-refractivity contribution is 5.96. The van der Waals surface area contributed by atoms with Gasteiger partial charge in [0.1, 0.15) is 48.3 Å². The van der Waals surface area contributed by atoms with E-state index < -0.39 is 65.2 Å². The molecule has 0 aromatic heterocycles. The summed E-state index contributed by atoms with van der Waals surface area (Å²) < 4.78 is 11.9. The van der Waals surface area contributed by atoms with Gasteiger partial charge in [-0.2, -0.15) is 0 Å². The van der Waals surface area contributed by atoms with Gasteiger partial charge in [-0.3, -0.25) is 34.2 Å². The Morgan fingerprint density at radius 1 is 0.945 bits per heavy atom. The Kier molecular flexibility index (Phi) is 15.5. The van der Waals surface area contributed by atoms with Crippen molar-refractivity contribution >= 4 is 41.4 Å². The van der Waals surface area contributed by atoms with E-state index in [1.165, 1.54) is 0 Å². The molecule has 0 radical (unpaired) electrons. The number of hydrogen-bond acceptors (Lipinski definition) is 9. The van der Waals surface area contributed by atoms with Crippen molar-refractivity contribution in [3.05, 3.63) is 24.3 Å². The second kappa shape index (κ2) is 20.0. The molecule has 17 nitrogen and oxygen atoms in total. The lowest BCUT2D eigenvalue weighted by molar-refractivity contribution is -0.140. The molecule has 5 atom stereocenters. The van der Waals surface area contributed by atoms with E-state index in [-0.39, 0.29) is 50.4 Å². The van der Waals surface area contributed by atoms with E-state index in [4.69, 9.17) is 26.4 Å². The molecule has 0 unspecified atom stereocenters. The molecule has 2 heterocycles. The molecule has 55 heavy (non-hydrogen) atoms. The lowest BCUT2D eigenvalue weighted by Crippen LogP contribution is -2.62. The number of guanidine groups is 1. The Bertz CT molecular complexity index is 1540. The van der Waals surface area contributed by atoms with Crippen molar-refractivity contribution in [1.29, 1.82) is 5.41 Å². The van der Waals surface area contributed by atoms with E-state index in [9.17, 15) is 28.8 Å². The van der Waals surface area contributed by atoms with Crippen molar-refractivity contribution in [3.8, 4) is 11.5 Å². The Balaban J connectivity index is 1.65. The SMILES string of the molecule is CC(C)(C)[C@H](NC(=O)[C@H](CCCNC(=N)N)NC(=O)[C@@H]1COc2cccc(c2)OCCCC(=O)N2CCC[C@H]2C(=O)N[C@@H](C2CCCCC2)C(=O)N1)C(N)=O. The van der Waals surface area contributed by atoms with Crippen molar-refractivity contribution in [2.24, 2.45) is 22.8 Å². The van der Waals surface area contributed by atoms with Gasteiger partial charge in [0.15, 0.2) is 5.96 Å². The Morgan fingerprint density at radius 2 is 1.65 bits per heavy atom. The first-order valence-electron chi connectivity index (χ1n) is 19.4. The van der Waals surface area contributed by atoms with Crippen molar-refractivity contribution in [2.45, 2.75) is 122 Å². The third-order valence-electron chi connectivity index (χ3n) is 10.3. The minimum absolute atomic E-state index is 0.0751. The van der Waals surface area contributed by atoms with Gasteiger partial charge >= 0.3 is 0 Å². The molecule has 6 amide bonds. The maximum atomic E-state index is 14.3. The summed E-state index contributed by atoms with van der Waals surface area (Å²) >= 11 is 0. The molecule has 2 aliphatic heterocycles. The van der Waals surface area contributed by atoms with Gasteiger partial charge in [0.2, 0.25) is 35.4 Å². The topological polar surface area (TPSA) is 260 Å². The number of amides is 6. The number of hydrogen-bond donors (Lipinski definition) is 8. The first-order chi connectivity index (χ1) is 26.1. The summed E-state index contributed by atoms with van der Waals surface area (Å²) in [6.45, 7) is 5.80. The van der Waals surface area contributed by atoms with Crippen molar-refractivity contribution in [1.82, 2.24) is 31.5 Å². The fraction of sp³-hybridized carbons (Fsp3) is 0.658. The number of fused-ring (bicyclic) bond motifs is 3. The van der Waals surface area contributed by atoms with Crippen molar-refractivity contribution in [3.63, 3.8) is 0 Å². The quantitative estimate of drug-likeness (QED) is 0.0931. The number of nitrogens with zero attached hydrogens (tertiary/aromatic N) is 1. The highest BCUT2D eigenvalue weighted by Crippen LogP contribution is 2.28. The number of carbonyl (C=O) groups is 6. The molecule has 1 aromatic rings. The Hall–Kier alpha value is -5.09. The second-order valence-electron chi connectivity index (χ2n) is 15.7. The lowest BCUT2D eigenvalue weighted by atomic mass is 9.83. The zero-order valence-corrected chi connectivity index (χ0v) is 32.2. The van der Waals surface area contributed by atoms with Gasteiger partial charge in [0.05, 0.1) is 6.61 Å². The van der Waals surface area contributed by atoms with Crippen LogP contribution in [0.2, 0.25) is 0 Å². The molecule has 17 heteroatoms. The smallest absolute Gasteiger partial charge is 0.246 e. The van der Waals surface area contributed by atoms with E-state index in [0.717, 1.165) is 19.3 Å². The maximum Gasteiger partial charge on any atom is 0.246 e. The molecule has 0 spiro atoms. The largest absolute Gasteiger partial charge is 0.493 e. The molecule has 1 saturated carbocycles. The van der Waals surface area contributed by atoms with E-state index >= 15 is 0 Å². The van der Waals surface area contributed by atoms with Crippen LogP contribution in [0.4, 0.5) is 0 Å². The van der Waals surface area contributed by atoms with Gasteiger partial charge in [-0.15, -0.1) is 0 Å². The molecule has 4 rings (SSSR count). The van der Waals surface area contributed by atoms with E-state index in [2.05, 4.69) is 26.6 Å². The summed E-state index contributed by atoms with van der Waals surface area (Å²) in [4.78, 5) is 83.2. The molecule has 3 aliphatic rings. The molecular weight excluding hydrogens is 710 g/mol. The minimum Gasteiger partial charge on any atom is -0.493 e. The van der Waals surface area contributed by atoms with Crippen LogP contribution in [-0.2, 0) is 28.8 Å². The van der Waals surface area contributed by atoms with Crippen LogP contribution < -0.4 is 47.5 Å². The zero-order chi connectivity index (χ0) is 40.1. The van der Waals surface area contributed by atoms with Gasteiger partial charge in [-0.1, -0.05) is 46.1 Å². The third kappa shape index (κ3) is 12.7. The van der Waals surface area contributed by atoms with Crippen molar-refractivity contribution in [2.75, 3.05) is 26.3 Å². The first-order valence-corrected chi connectivity index (χ1v) is 19.4. The average molecular weight is 770 g/mol. The number of rotatable bonds is 10. The van der Waals surface area contributed by atoms with E-state index in [1.54, 1.807) is 49.9 Å². The highest BCUT2D eigenvalue weighted by Gasteiger charge is 2.40. The molecule has 1 aromatic carbocycles. The van der Waals surface area contributed by atoms with E-state index in [1.807, 2.05) is 0 Å². The normalized spacial score (nSPS) is 22.9. The molecular formula is C38H59N9O8. The van der Waals surface area contributed by atoms with Crippen LogP contribution >= 0.6 is 0 Å². The summed E-state index contributed by atoms with van der Waals surface area (Å²) in [6.07, 6.45) is 6.26. The first kappa shape index (κ1) is 42.6. The fourth-order valence-electron chi connectivity index (χ4n) is 7.31. The molecule has 1 aliphatic carbocycles. The van der Waals surface area contributed by atoms with Gasteiger partial charge in [0.25, 0.3) is 0 Å². The van der Waals surface area contributed by atoms with Crippen molar-refractivity contribution < 1.29 is 38.2 Å². The molecule has 1 saturated heterocycles. The standard InChI is InChI=1S/C38H59N9O8/c1-38(2,3)31(32(39)49)46-33(50)26(15-8-18-42-37(40)41)43-34(51)27-22-55-25-14-7-13-24(21-25)54-20-10-17-29(48)47-19-9-16-28(47)35(52)45-30(36(53)44-27)23-11-5-4-6-12-23/h7,13-14,21,23,26-28,30-31H,4-6,8-12,15-20,22H2,1-3H3,(H2,39,49)(H,43,51)(H,44,53)(H,45,52)(H,46,50)(H4,40,41,42)/t26-,27-,28-,30-,31+/m0/s1. The number of carbonyl (C=O) groups excluding carboxylic acids is 6. The zero-order valence-electron chi connectivity index (χ0n) is 32.2. The molecule has 304 valence electrons. The summed E-state index contributed by atoms with van der Waals surface area (Å²) in [6, 6.07) is 1.44. The Morgan fingerprint density at radius 3 is 2.33 bits per heavy atom. The molecule has 2 bridgehead atoms. The molecule has 10 N–H and O–H groups in total. The second-order valence-corrected chi connectivity index (χ2v) is 15.7. The highest BCUT2D eigenvalue weighted by atomic mass is 16.5. The number of nitrogens with two attached hydrogens (primary N) is 2. The molecule has 2 fully saturated rings. The maximum absolute atomic E-state index is 14.3. The van der Waals surface area contributed by atoms with Crippen LogP contribution in [0, 0.1) is 16.7 Å². The monoisotopic (exact) mass is 769 g/mol. The van der Waals surface area contributed by atoms with Gasteiger partial charge in [-0.25, -0.2) is 0 Å². The number of benzene rings is 1. The van der Waals surface area contributed by atoms with Gasteiger partial charge < -0.3 is 52.4 Å². The van der Waals surface area contributed by atoms with Crippen LogP contribution in [-0.4, -0.2) is 103 Å². The minimum atomic E-state index is -1.34. The summed E-state index contributed by atoms with van der Waals surface area (Å²) in [5.74, 6) is -2.98. The number of nitrogens with one attached hydrogen (secondary N) is 6. The van der Waals surface area contributed by atoms with Crippen LogP contribution in [0.25, 0.3) is 0 Å². The number of primary amides is 1. The summed E-state index contributed by atoms with van der Waals surface area (Å²) in [5.41, 5.74) is 10.3. The van der Waals surface area contributed by atoms with E-state index in [0.29, 0.717) is 56.6 Å². The third-order valence-corrected chi connectivity index (χ3v) is 10.3. The Labute approximate surface area is 322 Å². The van der Waals surface area contributed by atoms with Crippen LogP contribution in [0.1, 0.15) is 91.4 Å². The predicted molar refractivity (Wildman–Crippen MR) is 203 cm³/mol. The van der Waals surface area contributed by atoms with Crippen LogP contribution in [0.3, 0.4) is 0 Å². The summed E-state index contributed by atoms with van der Waals surface area (Å²) in [7, 11) is 0. The van der Waals surface area contributed by atoms with Crippen LogP contribution in [0.15, 0.2) is 24.3 Å². The summed E-state index contributed by atoms with van der Waals surface area (Å²) in [5, 5.41) is 21.3. The number of ether oxygens (including phenoxy) is 2. The predicted octanol–water partition coefficient (Wildman–Crippen LogP) is 0.543. The van der Waals surface area contributed by atoms with Gasteiger partial charge in [0, 0.05) is 25.6 Å². The average Bonchev–Trinajstić information content (AvgIpc) is 3.64.